The Labute approximate surface area is 148 Å². The Morgan fingerprint density at radius 1 is 1.20 bits per heavy atom. The van der Waals surface area contributed by atoms with Crippen LogP contribution in [-0.2, 0) is 14.3 Å². The SMILES string of the molecule is CC1(C)[C@@H]2C[C@H]1[C@]1(OC([C@@H]3C[C@H](CC(=O)O)C3(C)C)=CC1=O)[C@@H](O)C2. The maximum absolute atomic E-state index is 13.0. The van der Waals surface area contributed by atoms with E-state index in [2.05, 4.69) is 27.7 Å². The molecule has 0 aromatic heterocycles. The molecule has 0 aromatic carbocycles. The minimum absolute atomic E-state index is 0.0130. The summed E-state index contributed by atoms with van der Waals surface area (Å²) in [5.74, 6) is 0.433. The van der Waals surface area contributed by atoms with E-state index in [1.807, 2.05) is 0 Å². The maximum atomic E-state index is 13.0. The number of aliphatic hydroxyl groups excluding tert-OH is 1. The molecule has 1 aliphatic heterocycles. The quantitative estimate of drug-likeness (QED) is 0.819. The van der Waals surface area contributed by atoms with E-state index in [0.717, 1.165) is 12.8 Å². The third-order valence-corrected chi connectivity index (χ3v) is 8.17. The van der Waals surface area contributed by atoms with E-state index in [0.29, 0.717) is 18.1 Å². The van der Waals surface area contributed by atoms with Gasteiger partial charge in [-0.25, -0.2) is 0 Å². The zero-order chi connectivity index (χ0) is 18.4. The normalized spacial score (nSPS) is 46.0. The second kappa shape index (κ2) is 4.87. The van der Waals surface area contributed by atoms with Gasteiger partial charge in [0.1, 0.15) is 11.9 Å². The number of hydrogen-bond acceptors (Lipinski definition) is 4. The molecule has 6 atom stereocenters. The van der Waals surface area contributed by atoms with Gasteiger partial charge < -0.3 is 14.9 Å². The van der Waals surface area contributed by atoms with Gasteiger partial charge in [-0.2, -0.15) is 0 Å². The van der Waals surface area contributed by atoms with E-state index in [4.69, 9.17) is 9.84 Å². The number of hydrogen-bond donors (Lipinski definition) is 2. The minimum atomic E-state index is -1.11. The van der Waals surface area contributed by atoms with Crippen LogP contribution in [0.25, 0.3) is 0 Å². The van der Waals surface area contributed by atoms with Crippen LogP contribution in [0.4, 0.5) is 0 Å². The molecule has 2 bridgehead atoms. The Balaban J connectivity index is 1.57. The number of carboxylic acids is 1. The fraction of sp³-hybridized carbons (Fsp3) is 0.800. The zero-order valence-corrected chi connectivity index (χ0v) is 15.4. The van der Waals surface area contributed by atoms with Crippen molar-refractivity contribution in [3.63, 3.8) is 0 Å². The number of allylic oxidation sites excluding steroid dienone is 1. The molecule has 25 heavy (non-hydrogen) atoms. The maximum Gasteiger partial charge on any atom is 0.303 e. The fourth-order valence-corrected chi connectivity index (χ4v) is 6.04. The second-order valence-corrected chi connectivity index (χ2v) is 9.77. The third kappa shape index (κ3) is 1.99. The van der Waals surface area contributed by atoms with Crippen molar-refractivity contribution in [2.45, 2.75) is 65.1 Å². The van der Waals surface area contributed by atoms with Crippen molar-refractivity contribution in [1.29, 1.82) is 0 Å². The largest absolute Gasteiger partial charge is 0.481 e. The topological polar surface area (TPSA) is 83.8 Å². The van der Waals surface area contributed by atoms with Crippen LogP contribution in [0.15, 0.2) is 11.8 Å². The summed E-state index contributed by atoms with van der Waals surface area (Å²) in [6, 6.07) is 0. The number of rotatable bonds is 3. The number of ketones is 1. The predicted molar refractivity (Wildman–Crippen MR) is 90.5 cm³/mol. The molecule has 0 saturated heterocycles. The number of aliphatic carboxylic acids is 1. The molecule has 5 rings (SSSR count). The molecule has 0 unspecified atom stereocenters. The molecule has 1 heterocycles. The Bertz CT molecular complexity index is 676. The molecule has 0 radical (unpaired) electrons. The lowest BCUT2D eigenvalue weighted by Crippen LogP contribution is -2.70. The van der Waals surface area contributed by atoms with Crippen LogP contribution in [0.1, 0.15) is 53.4 Å². The molecule has 4 aliphatic carbocycles. The van der Waals surface area contributed by atoms with Crippen LogP contribution >= 0.6 is 0 Å². The third-order valence-electron chi connectivity index (χ3n) is 8.17. The number of ether oxygens (including phenoxy) is 1. The monoisotopic (exact) mass is 348 g/mol. The van der Waals surface area contributed by atoms with E-state index in [1.54, 1.807) is 6.08 Å². The van der Waals surface area contributed by atoms with Gasteiger partial charge in [0.2, 0.25) is 5.78 Å². The first-order chi connectivity index (χ1) is 11.5. The predicted octanol–water partition coefficient (Wildman–Crippen LogP) is 2.77. The Morgan fingerprint density at radius 2 is 1.88 bits per heavy atom. The van der Waals surface area contributed by atoms with Crippen LogP contribution < -0.4 is 0 Å². The summed E-state index contributed by atoms with van der Waals surface area (Å²) in [6.45, 7) is 8.44. The van der Waals surface area contributed by atoms with Gasteiger partial charge in [-0.3, -0.25) is 9.59 Å². The summed E-state index contributed by atoms with van der Waals surface area (Å²) in [4.78, 5) is 24.0. The Hall–Kier alpha value is -1.36. The van der Waals surface area contributed by atoms with Crippen molar-refractivity contribution in [1.82, 2.24) is 0 Å². The molecule has 5 heteroatoms. The molecule has 0 aromatic rings. The number of fused-ring (bicyclic) bond motifs is 1. The van der Waals surface area contributed by atoms with Gasteiger partial charge in [0.25, 0.3) is 0 Å². The average molecular weight is 348 g/mol. The molecule has 5 nitrogen and oxygen atoms in total. The van der Waals surface area contributed by atoms with Gasteiger partial charge in [-0.1, -0.05) is 27.7 Å². The first kappa shape index (κ1) is 17.1. The minimum Gasteiger partial charge on any atom is -0.481 e. The van der Waals surface area contributed by atoms with Crippen LogP contribution in [0, 0.1) is 34.5 Å². The highest BCUT2D eigenvalue weighted by atomic mass is 16.5. The molecular weight excluding hydrogens is 320 g/mol. The summed E-state index contributed by atoms with van der Waals surface area (Å²) in [5.41, 5.74) is -1.31. The first-order valence-corrected chi connectivity index (χ1v) is 9.36. The van der Waals surface area contributed by atoms with Crippen molar-refractivity contribution in [3.05, 3.63) is 11.8 Å². The first-order valence-electron chi connectivity index (χ1n) is 9.36. The summed E-state index contributed by atoms with van der Waals surface area (Å²) in [7, 11) is 0. The molecule has 2 N–H and O–H groups in total. The Morgan fingerprint density at radius 3 is 2.44 bits per heavy atom. The van der Waals surface area contributed by atoms with E-state index in [1.165, 1.54) is 0 Å². The van der Waals surface area contributed by atoms with Crippen LogP contribution in [-0.4, -0.2) is 33.7 Å². The van der Waals surface area contributed by atoms with Crippen LogP contribution in [0.2, 0.25) is 0 Å². The van der Waals surface area contributed by atoms with Crippen LogP contribution in [0.5, 0.6) is 0 Å². The number of carbonyl (C=O) groups excluding carboxylic acids is 1. The average Bonchev–Trinajstić information content (AvgIpc) is 2.82. The van der Waals surface area contributed by atoms with E-state index in [-0.39, 0.29) is 40.8 Å². The molecule has 5 aliphatic rings. The van der Waals surface area contributed by atoms with Gasteiger partial charge in [-0.15, -0.1) is 0 Å². The highest BCUT2D eigenvalue weighted by Crippen LogP contribution is 2.67. The summed E-state index contributed by atoms with van der Waals surface area (Å²) in [5, 5.41) is 19.8. The van der Waals surface area contributed by atoms with Gasteiger partial charge in [0, 0.05) is 24.3 Å². The number of aliphatic hydroxyl groups is 1. The van der Waals surface area contributed by atoms with Crippen molar-refractivity contribution >= 4 is 11.8 Å². The molecule has 4 saturated carbocycles. The molecular formula is C20H28O5. The molecule has 138 valence electrons. The molecule has 0 amide bonds. The fourth-order valence-electron chi connectivity index (χ4n) is 6.04. The van der Waals surface area contributed by atoms with E-state index in [9.17, 15) is 14.7 Å². The molecule has 4 fully saturated rings. The Kier molecular flexibility index (Phi) is 3.33. The number of carboxylic acid groups (broad SMARTS) is 1. The van der Waals surface area contributed by atoms with Crippen molar-refractivity contribution in [2.75, 3.05) is 0 Å². The van der Waals surface area contributed by atoms with Gasteiger partial charge >= 0.3 is 5.97 Å². The van der Waals surface area contributed by atoms with Gasteiger partial charge in [0.15, 0.2) is 5.60 Å². The zero-order valence-electron chi connectivity index (χ0n) is 15.4. The van der Waals surface area contributed by atoms with Crippen molar-refractivity contribution in [3.8, 4) is 0 Å². The van der Waals surface area contributed by atoms with E-state index >= 15 is 0 Å². The van der Waals surface area contributed by atoms with Gasteiger partial charge in [-0.05, 0) is 41.9 Å². The summed E-state index contributed by atoms with van der Waals surface area (Å²) < 4.78 is 6.31. The number of carbonyl (C=O) groups is 2. The van der Waals surface area contributed by atoms with Gasteiger partial charge in [0.05, 0.1) is 0 Å². The lowest BCUT2D eigenvalue weighted by molar-refractivity contribution is -0.248. The molecule has 1 spiro atoms. The summed E-state index contributed by atoms with van der Waals surface area (Å²) in [6.07, 6.45) is 3.28. The van der Waals surface area contributed by atoms with E-state index < -0.39 is 17.7 Å². The second-order valence-electron chi connectivity index (χ2n) is 9.77. The standard InChI is InChI=1S/C20H28O5/c1-18(2)10(8-17(23)24)5-12(18)13-9-16(22)20(25-13)14-6-11(7-15(20)21)19(14,3)4/h9-12,14-15,21H,5-8H2,1-4H3,(H,23,24)/t10-,11-,12+,14-,15+,20+/m1/s1. The lowest BCUT2D eigenvalue weighted by atomic mass is 9.43. The van der Waals surface area contributed by atoms with Crippen molar-refractivity contribution < 1.29 is 24.5 Å². The van der Waals surface area contributed by atoms with Crippen molar-refractivity contribution in [2.24, 2.45) is 34.5 Å². The van der Waals surface area contributed by atoms with Crippen LogP contribution in [0.3, 0.4) is 0 Å². The highest BCUT2D eigenvalue weighted by molar-refractivity contribution is 6.01. The highest BCUT2D eigenvalue weighted by Gasteiger charge is 2.71. The smallest absolute Gasteiger partial charge is 0.303 e. The lowest BCUT2D eigenvalue weighted by Gasteiger charge is -2.64. The summed E-state index contributed by atoms with van der Waals surface area (Å²) >= 11 is 0.